The quantitative estimate of drug-likeness (QED) is 0.605. The molecule has 0 radical (unpaired) electrons. The average Bonchev–Trinajstić information content (AvgIpc) is 2.21. The van der Waals surface area contributed by atoms with Gasteiger partial charge in [0.2, 0.25) is 0 Å². The van der Waals surface area contributed by atoms with E-state index in [2.05, 4.69) is 46.4 Å². The van der Waals surface area contributed by atoms with E-state index in [4.69, 9.17) is 0 Å². The fourth-order valence-electron chi connectivity index (χ4n) is 2.52. The SMILES string of the molecule is CC[CH2][In]([CH2]CCN(CC)C(C)C)[CH](C)C. The molecule has 0 heterocycles. The van der Waals surface area contributed by atoms with Crippen LogP contribution >= 0.6 is 0 Å². The third kappa shape index (κ3) is 7.21. The van der Waals surface area contributed by atoms with Crippen molar-refractivity contribution in [3.63, 3.8) is 0 Å². The summed E-state index contributed by atoms with van der Waals surface area (Å²) in [6, 6.07) is 0.726. The molecule has 1 nitrogen and oxygen atoms in total. The zero-order valence-corrected chi connectivity index (χ0v) is 15.7. The van der Waals surface area contributed by atoms with Crippen LogP contribution in [0.1, 0.15) is 54.4 Å². The van der Waals surface area contributed by atoms with E-state index in [-0.39, 0.29) is 0 Å². The molecule has 0 saturated carbocycles. The van der Waals surface area contributed by atoms with Crippen molar-refractivity contribution in [2.45, 2.75) is 72.5 Å². The summed E-state index contributed by atoms with van der Waals surface area (Å²) in [5.74, 6) is 0. The van der Waals surface area contributed by atoms with Crippen molar-refractivity contribution in [1.29, 1.82) is 0 Å². The van der Waals surface area contributed by atoms with Crippen LogP contribution < -0.4 is 0 Å². The summed E-state index contributed by atoms with van der Waals surface area (Å²) >= 11 is -1.14. The zero-order valence-electron chi connectivity index (χ0n) is 12.4. The van der Waals surface area contributed by atoms with Gasteiger partial charge in [0.25, 0.3) is 0 Å². The van der Waals surface area contributed by atoms with Gasteiger partial charge in [-0.15, -0.1) is 0 Å². The topological polar surface area (TPSA) is 3.24 Å². The monoisotopic (exact) mass is 329 g/mol. The first kappa shape index (κ1) is 16.8. The van der Waals surface area contributed by atoms with Crippen molar-refractivity contribution in [3.8, 4) is 0 Å². The minimum atomic E-state index is -1.14. The molecule has 0 fully saturated rings. The van der Waals surface area contributed by atoms with Gasteiger partial charge in [0.1, 0.15) is 0 Å². The van der Waals surface area contributed by atoms with Crippen LogP contribution in [-0.2, 0) is 0 Å². The van der Waals surface area contributed by atoms with Gasteiger partial charge in [-0.2, -0.15) is 0 Å². The summed E-state index contributed by atoms with van der Waals surface area (Å²) in [6.45, 7) is 16.8. The molecular weight excluding hydrogens is 297 g/mol. The predicted molar refractivity (Wildman–Crippen MR) is 77.8 cm³/mol. The summed E-state index contributed by atoms with van der Waals surface area (Å²) in [4.78, 5) is 2.61. The third-order valence-corrected chi connectivity index (χ3v) is 16.2. The van der Waals surface area contributed by atoms with Crippen LogP contribution in [0.2, 0.25) is 12.0 Å². The van der Waals surface area contributed by atoms with Gasteiger partial charge < -0.3 is 0 Å². The number of hydrogen-bond donors (Lipinski definition) is 0. The van der Waals surface area contributed by atoms with Crippen molar-refractivity contribution in [2.24, 2.45) is 0 Å². The van der Waals surface area contributed by atoms with Crippen LogP contribution in [-0.4, -0.2) is 45.5 Å². The van der Waals surface area contributed by atoms with Gasteiger partial charge in [-0.1, -0.05) is 0 Å². The summed E-state index contributed by atoms with van der Waals surface area (Å²) in [5.41, 5.74) is 0. The Bertz CT molecular complexity index is 157. The van der Waals surface area contributed by atoms with Gasteiger partial charge >= 0.3 is 112 Å². The molecule has 0 unspecified atom stereocenters. The molecule has 0 aliphatic carbocycles. The zero-order chi connectivity index (χ0) is 12.6. The van der Waals surface area contributed by atoms with E-state index < -0.39 is 21.4 Å². The number of rotatable bonds is 9. The first-order valence-corrected chi connectivity index (χ1v) is 13.8. The Kier molecular flexibility index (Phi) is 10.3. The second-order valence-corrected chi connectivity index (χ2v) is 17.1. The molecule has 0 aromatic heterocycles. The van der Waals surface area contributed by atoms with Gasteiger partial charge in [-0.05, 0) is 0 Å². The Hall–Kier alpha value is 0.830. The van der Waals surface area contributed by atoms with Crippen LogP contribution in [0, 0.1) is 0 Å². The normalized spacial score (nSPS) is 11.8. The molecular formula is C14H32InN. The van der Waals surface area contributed by atoms with Gasteiger partial charge in [0.05, 0.1) is 0 Å². The molecule has 0 aromatic carbocycles. The van der Waals surface area contributed by atoms with Gasteiger partial charge in [-0.25, -0.2) is 0 Å². The molecule has 0 spiro atoms. The Morgan fingerprint density at radius 1 is 1.00 bits per heavy atom. The molecule has 2 heteroatoms. The standard InChI is InChI=1S/C8H18N.2C3H7.In/c1-5-7-9(6-2)8(3)4;2*1-3-2;/h8H,1,5-7H2,2-4H3;3H,1-2H3;1,3H2,2H3;. The van der Waals surface area contributed by atoms with E-state index in [1.807, 2.05) is 0 Å². The van der Waals surface area contributed by atoms with Crippen LogP contribution in [0.5, 0.6) is 0 Å². The van der Waals surface area contributed by atoms with E-state index in [0.29, 0.717) is 0 Å². The minimum absolute atomic E-state index is 0.726. The van der Waals surface area contributed by atoms with Crippen molar-refractivity contribution >= 4 is 21.4 Å². The maximum atomic E-state index is 2.61. The number of hydrogen-bond acceptors (Lipinski definition) is 1. The van der Waals surface area contributed by atoms with Gasteiger partial charge in [-0.3, -0.25) is 0 Å². The molecule has 96 valence electrons. The van der Waals surface area contributed by atoms with Crippen LogP contribution in [0.4, 0.5) is 0 Å². The van der Waals surface area contributed by atoms with E-state index in [9.17, 15) is 0 Å². The second-order valence-electron chi connectivity index (χ2n) is 5.66. The molecule has 0 aliphatic rings. The van der Waals surface area contributed by atoms with E-state index >= 15 is 0 Å². The molecule has 0 N–H and O–H groups in total. The van der Waals surface area contributed by atoms with E-state index in [1.54, 1.807) is 8.35 Å². The Morgan fingerprint density at radius 3 is 2.00 bits per heavy atom. The van der Waals surface area contributed by atoms with Gasteiger partial charge in [0, 0.05) is 0 Å². The first-order chi connectivity index (χ1) is 7.52. The first-order valence-electron chi connectivity index (χ1n) is 7.26. The van der Waals surface area contributed by atoms with Crippen LogP contribution in [0.3, 0.4) is 0 Å². The average molecular weight is 329 g/mol. The van der Waals surface area contributed by atoms with Gasteiger partial charge in [0.15, 0.2) is 0 Å². The second kappa shape index (κ2) is 9.82. The predicted octanol–water partition coefficient (Wildman–Crippen LogP) is 4.42. The summed E-state index contributed by atoms with van der Waals surface area (Å²) in [6.07, 6.45) is 2.89. The Morgan fingerprint density at radius 2 is 1.62 bits per heavy atom. The maximum absolute atomic E-state index is 2.61. The van der Waals surface area contributed by atoms with Crippen molar-refractivity contribution in [2.75, 3.05) is 13.1 Å². The molecule has 0 rings (SSSR count). The van der Waals surface area contributed by atoms with Crippen molar-refractivity contribution < 1.29 is 0 Å². The Labute approximate surface area is 112 Å². The fourth-order valence-corrected chi connectivity index (χ4v) is 11.3. The van der Waals surface area contributed by atoms with Crippen LogP contribution in [0.15, 0.2) is 0 Å². The summed E-state index contributed by atoms with van der Waals surface area (Å²) in [7, 11) is 0. The molecule has 0 saturated heterocycles. The van der Waals surface area contributed by atoms with Crippen molar-refractivity contribution in [3.05, 3.63) is 0 Å². The summed E-state index contributed by atoms with van der Waals surface area (Å²) in [5, 5.41) is 0. The number of nitrogens with zero attached hydrogens (tertiary/aromatic N) is 1. The molecule has 16 heavy (non-hydrogen) atoms. The molecule has 0 bridgehead atoms. The molecule has 0 aliphatic heterocycles. The van der Waals surface area contributed by atoms with E-state index in [1.165, 1.54) is 25.9 Å². The fraction of sp³-hybridized carbons (Fsp3) is 1.00. The Balaban J connectivity index is 3.83. The van der Waals surface area contributed by atoms with Crippen molar-refractivity contribution in [1.82, 2.24) is 4.90 Å². The molecule has 0 atom stereocenters. The molecule has 0 aromatic rings. The third-order valence-electron chi connectivity index (χ3n) is 3.76. The summed E-state index contributed by atoms with van der Waals surface area (Å²) < 4.78 is 4.31. The van der Waals surface area contributed by atoms with E-state index in [0.717, 1.165) is 9.72 Å². The van der Waals surface area contributed by atoms with Crippen LogP contribution in [0.25, 0.3) is 0 Å². The molecule has 0 amide bonds.